The number of nitrogens with zero attached hydrogens (tertiary/aromatic N) is 4. The molecule has 28 heavy (non-hydrogen) atoms. The normalized spacial score (nSPS) is 14.2. The van der Waals surface area contributed by atoms with Gasteiger partial charge in [0.25, 0.3) is 5.91 Å². The number of aryl methyl sites for hydroxylation is 1. The van der Waals surface area contributed by atoms with Crippen LogP contribution in [0.15, 0.2) is 53.4 Å². The molecular formula is C20H20ClN5O2. The highest BCUT2D eigenvalue weighted by Crippen LogP contribution is 2.24. The van der Waals surface area contributed by atoms with E-state index in [-0.39, 0.29) is 5.91 Å². The quantitative estimate of drug-likeness (QED) is 0.722. The first-order chi connectivity index (χ1) is 13.6. The van der Waals surface area contributed by atoms with Crippen LogP contribution in [0.5, 0.6) is 0 Å². The SMILES string of the molecule is Cc1ccc(Nc2cc(N3CCN(C(=O)c4ccco4)CC3)ncn2)cc1Cl. The summed E-state index contributed by atoms with van der Waals surface area (Å²) in [4.78, 5) is 25.0. The number of carbonyl (C=O) groups is 1. The van der Waals surface area contributed by atoms with E-state index < -0.39 is 0 Å². The van der Waals surface area contributed by atoms with E-state index in [0.717, 1.165) is 17.1 Å². The molecule has 1 aliphatic heterocycles. The van der Waals surface area contributed by atoms with Gasteiger partial charge in [-0.1, -0.05) is 17.7 Å². The second-order valence-electron chi connectivity index (χ2n) is 6.61. The largest absolute Gasteiger partial charge is 0.459 e. The van der Waals surface area contributed by atoms with Crippen LogP contribution in [0.1, 0.15) is 16.1 Å². The molecule has 1 fully saturated rings. The lowest BCUT2D eigenvalue weighted by molar-refractivity contribution is 0.0714. The van der Waals surface area contributed by atoms with Crippen molar-refractivity contribution in [2.24, 2.45) is 0 Å². The molecule has 1 N–H and O–H groups in total. The molecule has 7 nitrogen and oxygen atoms in total. The number of hydrogen-bond donors (Lipinski definition) is 1. The fourth-order valence-corrected chi connectivity index (χ4v) is 3.28. The molecule has 0 saturated carbocycles. The number of furan rings is 1. The van der Waals surface area contributed by atoms with Gasteiger partial charge in [-0.25, -0.2) is 9.97 Å². The van der Waals surface area contributed by atoms with Gasteiger partial charge in [0.05, 0.1) is 6.26 Å². The monoisotopic (exact) mass is 397 g/mol. The number of piperazine rings is 1. The summed E-state index contributed by atoms with van der Waals surface area (Å²) in [5.74, 6) is 1.81. The Labute approximate surface area is 167 Å². The predicted octanol–water partition coefficient (Wildman–Crippen LogP) is 3.74. The zero-order chi connectivity index (χ0) is 19.5. The molecule has 8 heteroatoms. The van der Waals surface area contributed by atoms with Crippen molar-refractivity contribution in [1.82, 2.24) is 14.9 Å². The second kappa shape index (κ2) is 7.90. The minimum atomic E-state index is -0.0778. The van der Waals surface area contributed by atoms with E-state index in [4.69, 9.17) is 16.0 Å². The Morgan fingerprint density at radius 1 is 1.14 bits per heavy atom. The summed E-state index contributed by atoms with van der Waals surface area (Å²) < 4.78 is 5.20. The van der Waals surface area contributed by atoms with Gasteiger partial charge in [0, 0.05) is 43.0 Å². The minimum absolute atomic E-state index is 0.0778. The summed E-state index contributed by atoms with van der Waals surface area (Å²) in [5, 5.41) is 3.96. The average molecular weight is 398 g/mol. The van der Waals surface area contributed by atoms with Gasteiger partial charge in [0.2, 0.25) is 0 Å². The summed E-state index contributed by atoms with van der Waals surface area (Å²) in [7, 11) is 0. The van der Waals surface area contributed by atoms with Crippen LogP contribution in [0.3, 0.4) is 0 Å². The second-order valence-corrected chi connectivity index (χ2v) is 7.01. The summed E-state index contributed by atoms with van der Waals surface area (Å²) in [6.45, 7) is 4.57. The lowest BCUT2D eigenvalue weighted by Crippen LogP contribution is -2.49. The van der Waals surface area contributed by atoms with Crippen molar-refractivity contribution in [3.63, 3.8) is 0 Å². The van der Waals surface area contributed by atoms with Crippen molar-refractivity contribution in [2.45, 2.75) is 6.92 Å². The maximum Gasteiger partial charge on any atom is 0.289 e. The van der Waals surface area contributed by atoms with Crippen molar-refractivity contribution in [3.8, 4) is 0 Å². The molecule has 1 aromatic carbocycles. The van der Waals surface area contributed by atoms with E-state index in [0.29, 0.717) is 42.8 Å². The average Bonchev–Trinajstić information content (AvgIpc) is 3.25. The Bertz CT molecular complexity index is 968. The van der Waals surface area contributed by atoms with Crippen molar-refractivity contribution >= 4 is 34.8 Å². The zero-order valence-corrected chi connectivity index (χ0v) is 16.2. The van der Waals surface area contributed by atoms with Gasteiger partial charge in [-0.15, -0.1) is 0 Å². The van der Waals surface area contributed by atoms with Crippen LogP contribution < -0.4 is 10.2 Å². The number of anilines is 3. The van der Waals surface area contributed by atoms with Crippen LogP contribution in [0.25, 0.3) is 0 Å². The number of rotatable bonds is 4. The van der Waals surface area contributed by atoms with Crippen LogP contribution in [-0.2, 0) is 0 Å². The fourth-order valence-electron chi connectivity index (χ4n) is 3.10. The third-order valence-electron chi connectivity index (χ3n) is 4.72. The Kier molecular flexibility index (Phi) is 5.16. The van der Waals surface area contributed by atoms with E-state index >= 15 is 0 Å². The first-order valence-corrected chi connectivity index (χ1v) is 9.41. The van der Waals surface area contributed by atoms with Gasteiger partial charge < -0.3 is 19.5 Å². The number of halogens is 1. The highest BCUT2D eigenvalue weighted by molar-refractivity contribution is 6.31. The molecule has 1 aliphatic rings. The number of benzene rings is 1. The highest BCUT2D eigenvalue weighted by Gasteiger charge is 2.24. The third kappa shape index (κ3) is 3.94. The van der Waals surface area contributed by atoms with Crippen molar-refractivity contribution in [1.29, 1.82) is 0 Å². The third-order valence-corrected chi connectivity index (χ3v) is 5.13. The van der Waals surface area contributed by atoms with Gasteiger partial charge in [-0.05, 0) is 36.8 Å². The van der Waals surface area contributed by atoms with Gasteiger partial charge in [0.15, 0.2) is 5.76 Å². The number of carbonyl (C=O) groups excluding carboxylic acids is 1. The van der Waals surface area contributed by atoms with Crippen LogP contribution in [0, 0.1) is 6.92 Å². The molecule has 0 bridgehead atoms. The van der Waals surface area contributed by atoms with Crippen LogP contribution in [-0.4, -0.2) is 47.0 Å². The summed E-state index contributed by atoms with van der Waals surface area (Å²) >= 11 is 6.19. The van der Waals surface area contributed by atoms with Crippen LogP contribution in [0.2, 0.25) is 5.02 Å². The predicted molar refractivity (Wildman–Crippen MR) is 108 cm³/mol. The van der Waals surface area contributed by atoms with E-state index in [2.05, 4.69) is 20.2 Å². The summed E-state index contributed by atoms with van der Waals surface area (Å²) in [5.41, 5.74) is 1.90. The van der Waals surface area contributed by atoms with E-state index in [1.807, 2.05) is 31.2 Å². The Balaban J connectivity index is 1.41. The molecule has 4 rings (SSSR count). The summed E-state index contributed by atoms with van der Waals surface area (Å²) in [6.07, 6.45) is 3.05. The van der Waals surface area contributed by atoms with E-state index in [9.17, 15) is 4.79 Å². The topological polar surface area (TPSA) is 74.5 Å². The molecule has 0 spiro atoms. The van der Waals surface area contributed by atoms with E-state index in [1.54, 1.807) is 17.0 Å². The smallest absolute Gasteiger partial charge is 0.289 e. The molecule has 0 aliphatic carbocycles. The van der Waals surface area contributed by atoms with Crippen LogP contribution in [0.4, 0.5) is 17.3 Å². The molecule has 1 saturated heterocycles. The van der Waals surface area contributed by atoms with E-state index in [1.165, 1.54) is 12.6 Å². The molecule has 0 unspecified atom stereocenters. The first-order valence-electron chi connectivity index (χ1n) is 9.03. The lowest BCUT2D eigenvalue weighted by atomic mass is 10.2. The number of amides is 1. The Hall–Kier alpha value is -3.06. The fraction of sp³-hybridized carbons (Fsp3) is 0.250. The molecule has 3 aromatic rings. The standard InChI is InChI=1S/C20H20ClN5O2/c1-14-4-5-15(11-16(14)21)24-18-12-19(23-13-22-18)25-6-8-26(9-7-25)20(27)17-3-2-10-28-17/h2-5,10-13H,6-9H2,1H3,(H,22,23,24). The minimum Gasteiger partial charge on any atom is -0.459 e. The molecular weight excluding hydrogens is 378 g/mol. The highest BCUT2D eigenvalue weighted by atomic mass is 35.5. The van der Waals surface area contributed by atoms with Crippen LogP contribution >= 0.6 is 11.6 Å². The maximum absolute atomic E-state index is 12.4. The molecule has 1 amide bonds. The summed E-state index contributed by atoms with van der Waals surface area (Å²) in [6, 6.07) is 11.1. The van der Waals surface area contributed by atoms with Gasteiger partial charge in [-0.3, -0.25) is 4.79 Å². The zero-order valence-electron chi connectivity index (χ0n) is 15.4. The van der Waals surface area contributed by atoms with Crippen molar-refractivity contribution in [2.75, 3.05) is 36.4 Å². The number of aromatic nitrogens is 2. The molecule has 144 valence electrons. The van der Waals surface area contributed by atoms with Gasteiger partial charge in [0.1, 0.15) is 18.0 Å². The van der Waals surface area contributed by atoms with Gasteiger partial charge in [-0.2, -0.15) is 0 Å². The van der Waals surface area contributed by atoms with Crippen molar-refractivity contribution < 1.29 is 9.21 Å². The lowest BCUT2D eigenvalue weighted by Gasteiger charge is -2.35. The van der Waals surface area contributed by atoms with Crippen molar-refractivity contribution in [3.05, 3.63) is 65.3 Å². The molecule has 3 heterocycles. The molecule has 2 aromatic heterocycles. The maximum atomic E-state index is 12.4. The molecule has 0 atom stereocenters. The Morgan fingerprint density at radius 3 is 2.68 bits per heavy atom. The molecule has 0 radical (unpaired) electrons. The number of nitrogens with one attached hydrogen (secondary N) is 1. The van der Waals surface area contributed by atoms with Gasteiger partial charge >= 0.3 is 0 Å². The Morgan fingerprint density at radius 2 is 1.96 bits per heavy atom. The first kappa shape index (κ1) is 18.3. The number of hydrogen-bond acceptors (Lipinski definition) is 6.